The third-order valence-corrected chi connectivity index (χ3v) is 3.23. The molecule has 1 aliphatic carbocycles. The first-order valence-corrected chi connectivity index (χ1v) is 7.05. The molecule has 0 atom stereocenters. The molecule has 1 saturated carbocycles. The van der Waals surface area contributed by atoms with Crippen LogP contribution in [-0.4, -0.2) is 41.0 Å². The van der Waals surface area contributed by atoms with E-state index in [0.717, 1.165) is 18.5 Å². The van der Waals surface area contributed by atoms with E-state index in [1.807, 2.05) is 18.2 Å². The van der Waals surface area contributed by atoms with Gasteiger partial charge in [0.25, 0.3) is 0 Å². The zero-order valence-electron chi connectivity index (χ0n) is 11.7. The van der Waals surface area contributed by atoms with Crippen LogP contribution in [0.15, 0.2) is 24.4 Å². The molecule has 2 rings (SSSR count). The van der Waals surface area contributed by atoms with Gasteiger partial charge in [-0.3, -0.25) is 14.6 Å². The van der Waals surface area contributed by atoms with Gasteiger partial charge < -0.3 is 9.64 Å². The highest BCUT2D eigenvalue weighted by molar-refractivity contribution is 5.82. The van der Waals surface area contributed by atoms with Gasteiger partial charge in [-0.05, 0) is 38.3 Å². The Balaban J connectivity index is 1.85. The number of amides is 1. The zero-order chi connectivity index (χ0) is 14.4. The molecule has 1 heterocycles. The van der Waals surface area contributed by atoms with Crippen LogP contribution in [0.5, 0.6) is 0 Å². The maximum atomic E-state index is 12.2. The predicted octanol–water partition coefficient (Wildman–Crippen LogP) is 1.57. The molecular formula is C15H20N2O3. The highest BCUT2D eigenvalue weighted by Gasteiger charge is 2.33. The molecule has 1 fully saturated rings. The zero-order valence-corrected chi connectivity index (χ0v) is 11.7. The number of carbonyl (C=O) groups excluding carboxylic acids is 2. The molecule has 0 bridgehead atoms. The molecule has 1 amide bonds. The minimum atomic E-state index is -0.328. The van der Waals surface area contributed by atoms with E-state index in [2.05, 4.69) is 4.98 Å². The Morgan fingerprint density at radius 2 is 2.20 bits per heavy atom. The second-order valence-corrected chi connectivity index (χ2v) is 4.88. The number of hydrogen-bond donors (Lipinski definition) is 0. The molecule has 1 aromatic heterocycles. The molecule has 0 spiro atoms. The van der Waals surface area contributed by atoms with Crippen molar-refractivity contribution in [2.75, 3.05) is 13.2 Å². The Morgan fingerprint density at radius 3 is 2.80 bits per heavy atom. The minimum Gasteiger partial charge on any atom is -0.465 e. The van der Waals surface area contributed by atoms with Crippen LogP contribution >= 0.6 is 0 Å². The van der Waals surface area contributed by atoms with Crippen molar-refractivity contribution >= 4 is 11.9 Å². The molecule has 1 aliphatic rings. The molecule has 0 N–H and O–H groups in total. The third kappa shape index (κ3) is 4.33. The summed E-state index contributed by atoms with van der Waals surface area (Å²) >= 11 is 0. The van der Waals surface area contributed by atoms with Crippen LogP contribution in [0.1, 0.15) is 31.9 Å². The van der Waals surface area contributed by atoms with E-state index in [-0.39, 0.29) is 24.5 Å². The van der Waals surface area contributed by atoms with Gasteiger partial charge in [0.2, 0.25) is 5.91 Å². The second kappa shape index (κ2) is 7.03. The molecule has 5 heteroatoms. The highest BCUT2D eigenvalue weighted by atomic mass is 16.5. The van der Waals surface area contributed by atoms with E-state index < -0.39 is 0 Å². The van der Waals surface area contributed by atoms with Crippen LogP contribution < -0.4 is 0 Å². The van der Waals surface area contributed by atoms with E-state index >= 15 is 0 Å². The van der Waals surface area contributed by atoms with Gasteiger partial charge in [-0.15, -0.1) is 0 Å². The number of aromatic nitrogens is 1. The maximum Gasteiger partial charge on any atom is 0.325 e. The smallest absolute Gasteiger partial charge is 0.325 e. The number of esters is 1. The van der Waals surface area contributed by atoms with Crippen LogP contribution in [0.3, 0.4) is 0 Å². The van der Waals surface area contributed by atoms with E-state index in [0.29, 0.717) is 19.4 Å². The average molecular weight is 276 g/mol. The summed E-state index contributed by atoms with van der Waals surface area (Å²) in [6.45, 7) is 2.18. The first-order valence-electron chi connectivity index (χ1n) is 7.05. The molecule has 108 valence electrons. The largest absolute Gasteiger partial charge is 0.465 e. The summed E-state index contributed by atoms with van der Waals surface area (Å²) in [6.07, 6.45) is 4.67. The van der Waals surface area contributed by atoms with E-state index in [9.17, 15) is 9.59 Å². The normalized spacial score (nSPS) is 13.8. The van der Waals surface area contributed by atoms with Gasteiger partial charge >= 0.3 is 5.97 Å². The van der Waals surface area contributed by atoms with Crippen LogP contribution in [-0.2, 0) is 20.7 Å². The molecule has 20 heavy (non-hydrogen) atoms. The van der Waals surface area contributed by atoms with E-state index in [4.69, 9.17) is 4.74 Å². The molecular weight excluding hydrogens is 256 g/mol. The van der Waals surface area contributed by atoms with Gasteiger partial charge in [0.1, 0.15) is 6.54 Å². The Kier molecular flexibility index (Phi) is 5.09. The summed E-state index contributed by atoms with van der Waals surface area (Å²) in [7, 11) is 0. The van der Waals surface area contributed by atoms with Crippen molar-refractivity contribution in [3.05, 3.63) is 30.1 Å². The lowest BCUT2D eigenvalue weighted by atomic mass is 10.2. The van der Waals surface area contributed by atoms with Crippen molar-refractivity contribution in [3.63, 3.8) is 0 Å². The summed E-state index contributed by atoms with van der Waals surface area (Å²) < 4.78 is 4.92. The van der Waals surface area contributed by atoms with Crippen molar-refractivity contribution in [1.82, 2.24) is 9.88 Å². The van der Waals surface area contributed by atoms with Crippen molar-refractivity contribution in [1.29, 1.82) is 0 Å². The van der Waals surface area contributed by atoms with Gasteiger partial charge in [-0.2, -0.15) is 0 Å². The predicted molar refractivity (Wildman–Crippen MR) is 73.9 cm³/mol. The average Bonchev–Trinajstić information content (AvgIpc) is 3.28. The van der Waals surface area contributed by atoms with Crippen LogP contribution in [0.2, 0.25) is 0 Å². The lowest BCUT2D eigenvalue weighted by molar-refractivity contribution is -0.149. The second-order valence-electron chi connectivity index (χ2n) is 4.88. The molecule has 0 saturated heterocycles. The Labute approximate surface area is 118 Å². The van der Waals surface area contributed by atoms with Crippen molar-refractivity contribution in [2.45, 2.75) is 38.6 Å². The number of carbonyl (C=O) groups is 2. The molecule has 0 aromatic carbocycles. The molecule has 0 unspecified atom stereocenters. The Hall–Kier alpha value is -1.91. The molecule has 0 aliphatic heterocycles. The summed E-state index contributed by atoms with van der Waals surface area (Å²) in [5, 5.41) is 0. The van der Waals surface area contributed by atoms with Crippen molar-refractivity contribution in [3.8, 4) is 0 Å². The number of rotatable bonds is 7. The SMILES string of the molecule is CCOC(=O)CN(C(=O)CCc1ccccn1)C1CC1. The topological polar surface area (TPSA) is 59.5 Å². The fraction of sp³-hybridized carbons (Fsp3) is 0.533. The quantitative estimate of drug-likeness (QED) is 0.709. The summed E-state index contributed by atoms with van der Waals surface area (Å²) in [6, 6.07) is 5.88. The van der Waals surface area contributed by atoms with Crippen LogP contribution in [0.4, 0.5) is 0 Å². The minimum absolute atomic E-state index is 0.00575. The number of pyridine rings is 1. The number of hydrogen-bond acceptors (Lipinski definition) is 4. The van der Waals surface area contributed by atoms with Crippen molar-refractivity contribution in [2.24, 2.45) is 0 Å². The van der Waals surface area contributed by atoms with Gasteiger partial charge in [-0.1, -0.05) is 6.07 Å². The molecule has 1 aromatic rings. The highest BCUT2D eigenvalue weighted by Crippen LogP contribution is 2.27. The lowest BCUT2D eigenvalue weighted by Crippen LogP contribution is -2.38. The number of nitrogens with zero attached hydrogens (tertiary/aromatic N) is 2. The number of aryl methyl sites for hydroxylation is 1. The third-order valence-electron chi connectivity index (χ3n) is 3.23. The lowest BCUT2D eigenvalue weighted by Gasteiger charge is -2.21. The summed E-state index contributed by atoms with van der Waals surface area (Å²) in [5.74, 6) is -0.322. The standard InChI is InChI=1S/C15H20N2O3/c1-2-20-15(19)11-17(13-7-8-13)14(18)9-6-12-5-3-4-10-16-12/h3-5,10,13H,2,6-9,11H2,1H3. The number of ether oxygens (including phenoxy) is 1. The van der Waals surface area contributed by atoms with E-state index in [1.54, 1.807) is 18.0 Å². The van der Waals surface area contributed by atoms with Crippen LogP contribution in [0.25, 0.3) is 0 Å². The first-order chi connectivity index (χ1) is 9.70. The first kappa shape index (κ1) is 14.5. The molecule has 0 radical (unpaired) electrons. The van der Waals surface area contributed by atoms with Gasteiger partial charge in [-0.25, -0.2) is 0 Å². The van der Waals surface area contributed by atoms with E-state index in [1.165, 1.54) is 0 Å². The summed E-state index contributed by atoms with van der Waals surface area (Å²) in [4.78, 5) is 29.6. The fourth-order valence-electron chi connectivity index (χ4n) is 2.08. The maximum absolute atomic E-state index is 12.2. The summed E-state index contributed by atoms with van der Waals surface area (Å²) in [5.41, 5.74) is 0.896. The van der Waals surface area contributed by atoms with Gasteiger partial charge in [0.05, 0.1) is 6.61 Å². The molecule has 5 nitrogen and oxygen atoms in total. The van der Waals surface area contributed by atoms with Crippen molar-refractivity contribution < 1.29 is 14.3 Å². The van der Waals surface area contributed by atoms with Gasteiger partial charge in [0.15, 0.2) is 0 Å². The Morgan fingerprint density at radius 1 is 1.40 bits per heavy atom. The monoisotopic (exact) mass is 276 g/mol. The Bertz CT molecular complexity index is 457. The van der Waals surface area contributed by atoms with Gasteiger partial charge in [0, 0.05) is 24.4 Å². The van der Waals surface area contributed by atoms with Crippen LogP contribution in [0, 0.1) is 0 Å². The fourth-order valence-corrected chi connectivity index (χ4v) is 2.08.